The number of thiazole rings is 1. The zero-order valence-electron chi connectivity index (χ0n) is 9.67. The maximum Gasteiger partial charge on any atom is 0.210 e. The standard InChI is InChI=1S/C10H15N5S2/c1-2-3-4-9-13-14-10(15(9)11)17-6-8-5-16-7-12-8/h5,7H,2-4,6,11H2,1H3. The van der Waals surface area contributed by atoms with E-state index in [1.165, 1.54) is 0 Å². The summed E-state index contributed by atoms with van der Waals surface area (Å²) in [7, 11) is 0. The number of nitrogen functional groups attached to an aromatic ring is 1. The van der Waals surface area contributed by atoms with E-state index >= 15 is 0 Å². The highest BCUT2D eigenvalue weighted by Gasteiger charge is 2.10. The highest BCUT2D eigenvalue weighted by atomic mass is 32.2. The number of rotatable bonds is 6. The Kier molecular flexibility index (Phi) is 4.38. The number of thioether (sulfide) groups is 1. The van der Waals surface area contributed by atoms with Gasteiger partial charge in [-0.05, 0) is 6.42 Å². The Labute approximate surface area is 108 Å². The largest absolute Gasteiger partial charge is 0.336 e. The molecule has 92 valence electrons. The van der Waals surface area contributed by atoms with Gasteiger partial charge in [-0.1, -0.05) is 25.1 Å². The van der Waals surface area contributed by atoms with Crippen molar-refractivity contribution in [2.24, 2.45) is 0 Å². The second kappa shape index (κ2) is 6.02. The molecule has 2 rings (SSSR count). The number of nitrogens with two attached hydrogens (primary N) is 1. The number of aromatic nitrogens is 4. The molecule has 2 N–H and O–H groups in total. The zero-order chi connectivity index (χ0) is 12.1. The molecule has 2 heterocycles. The van der Waals surface area contributed by atoms with Crippen molar-refractivity contribution in [2.45, 2.75) is 37.1 Å². The first kappa shape index (κ1) is 12.4. The molecule has 0 aliphatic heterocycles. The molecule has 7 heteroatoms. The van der Waals surface area contributed by atoms with E-state index in [1.807, 2.05) is 10.9 Å². The van der Waals surface area contributed by atoms with Crippen LogP contribution in [0.2, 0.25) is 0 Å². The van der Waals surface area contributed by atoms with Crippen LogP contribution in [-0.4, -0.2) is 19.9 Å². The average Bonchev–Trinajstić information content (AvgIpc) is 2.95. The molecule has 0 amide bonds. The highest BCUT2D eigenvalue weighted by molar-refractivity contribution is 7.98. The van der Waals surface area contributed by atoms with Gasteiger partial charge in [0.25, 0.3) is 0 Å². The van der Waals surface area contributed by atoms with Crippen molar-refractivity contribution in [3.63, 3.8) is 0 Å². The molecule has 0 saturated carbocycles. The van der Waals surface area contributed by atoms with Gasteiger partial charge in [0.2, 0.25) is 5.16 Å². The van der Waals surface area contributed by atoms with Crippen LogP contribution in [0, 0.1) is 0 Å². The summed E-state index contributed by atoms with van der Waals surface area (Å²) in [5.41, 5.74) is 2.88. The third-order valence-electron chi connectivity index (χ3n) is 2.32. The smallest absolute Gasteiger partial charge is 0.210 e. The summed E-state index contributed by atoms with van der Waals surface area (Å²) >= 11 is 3.16. The minimum atomic E-state index is 0.754. The first-order chi connectivity index (χ1) is 8.31. The highest BCUT2D eigenvalue weighted by Crippen LogP contribution is 2.20. The first-order valence-corrected chi connectivity index (χ1v) is 7.43. The summed E-state index contributed by atoms with van der Waals surface area (Å²) in [5.74, 6) is 7.58. The van der Waals surface area contributed by atoms with Crippen LogP contribution >= 0.6 is 23.1 Å². The second-order valence-electron chi connectivity index (χ2n) is 3.64. The molecule has 0 fully saturated rings. The lowest BCUT2D eigenvalue weighted by atomic mass is 10.2. The number of aryl methyl sites for hydroxylation is 1. The van der Waals surface area contributed by atoms with Crippen molar-refractivity contribution in [1.29, 1.82) is 0 Å². The molecule has 2 aromatic rings. The fourth-order valence-corrected chi connectivity index (χ4v) is 2.80. The molecule has 0 bridgehead atoms. The molecule has 2 aromatic heterocycles. The van der Waals surface area contributed by atoms with Crippen LogP contribution in [0.4, 0.5) is 0 Å². The molecule has 17 heavy (non-hydrogen) atoms. The zero-order valence-corrected chi connectivity index (χ0v) is 11.3. The molecule has 0 aliphatic carbocycles. The SMILES string of the molecule is CCCCc1nnc(SCc2cscn2)n1N. The van der Waals surface area contributed by atoms with Crippen LogP contribution in [-0.2, 0) is 12.2 Å². The predicted octanol–water partition coefficient (Wildman–Crippen LogP) is 2.08. The third-order valence-corrected chi connectivity index (χ3v) is 3.93. The van der Waals surface area contributed by atoms with Gasteiger partial charge in [0.15, 0.2) is 5.82 Å². The van der Waals surface area contributed by atoms with E-state index in [9.17, 15) is 0 Å². The minimum Gasteiger partial charge on any atom is -0.336 e. The van der Waals surface area contributed by atoms with Gasteiger partial charge in [-0.2, -0.15) is 0 Å². The molecule has 5 nitrogen and oxygen atoms in total. The Morgan fingerprint density at radius 1 is 1.47 bits per heavy atom. The third kappa shape index (κ3) is 3.19. The van der Waals surface area contributed by atoms with Crippen molar-refractivity contribution >= 4 is 23.1 Å². The number of hydrogen-bond donors (Lipinski definition) is 1. The topological polar surface area (TPSA) is 69.6 Å². The van der Waals surface area contributed by atoms with Crippen molar-refractivity contribution < 1.29 is 0 Å². The Morgan fingerprint density at radius 3 is 3.06 bits per heavy atom. The van der Waals surface area contributed by atoms with E-state index in [0.717, 1.165) is 41.7 Å². The number of hydrogen-bond acceptors (Lipinski definition) is 6. The Balaban J connectivity index is 1.94. The summed E-state index contributed by atoms with van der Waals surface area (Å²) in [6.07, 6.45) is 3.11. The fourth-order valence-electron chi connectivity index (χ4n) is 1.36. The van der Waals surface area contributed by atoms with Crippen molar-refractivity contribution in [3.8, 4) is 0 Å². The molecule has 0 spiro atoms. The van der Waals surface area contributed by atoms with E-state index < -0.39 is 0 Å². The van der Waals surface area contributed by atoms with Gasteiger partial charge in [0, 0.05) is 17.6 Å². The van der Waals surface area contributed by atoms with Gasteiger partial charge < -0.3 is 5.84 Å². The van der Waals surface area contributed by atoms with E-state index in [4.69, 9.17) is 5.84 Å². The van der Waals surface area contributed by atoms with Gasteiger partial charge in [-0.25, -0.2) is 9.66 Å². The fraction of sp³-hybridized carbons (Fsp3) is 0.500. The van der Waals surface area contributed by atoms with Crippen LogP contribution in [0.25, 0.3) is 0 Å². The van der Waals surface area contributed by atoms with Gasteiger partial charge in [0.1, 0.15) is 0 Å². The second-order valence-corrected chi connectivity index (χ2v) is 5.30. The number of nitrogens with zero attached hydrogens (tertiary/aromatic N) is 4. The minimum absolute atomic E-state index is 0.754. The van der Waals surface area contributed by atoms with Gasteiger partial charge in [-0.15, -0.1) is 21.5 Å². The Morgan fingerprint density at radius 2 is 2.35 bits per heavy atom. The van der Waals surface area contributed by atoms with E-state index in [1.54, 1.807) is 27.8 Å². The van der Waals surface area contributed by atoms with Crippen LogP contribution in [0.3, 0.4) is 0 Å². The first-order valence-electron chi connectivity index (χ1n) is 5.50. The molecule has 0 unspecified atom stereocenters. The summed E-state index contributed by atoms with van der Waals surface area (Å²) in [4.78, 5) is 4.22. The lowest BCUT2D eigenvalue weighted by molar-refractivity contribution is 0.712. The Bertz CT molecular complexity index is 451. The van der Waals surface area contributed by atoms with Crippen LogP contribution in [0.15, 0.2) is 16.0 Å². The van der Waals surface area contributed by atoms with Crippen molar-refractivity contribution in [3.05, 3.63) is 22.4 Å². The molecule has 0 radical (unpaired) electrons. The molecular formula is C10H15N5S2. The summed E-state index contributed by atoms with van der Waals surface area (Å²) < 4.78 is 1.59. The van der Waals surface area contributed by atoms with Gasteiger partial charge in [0.05, 0.1) is 11.2 Å². The number of unbranched alkanes of at least 4 members (excludes halogenated alkanes) is 1. The van der Waals surface area contributed by atoms with E-state index in [-0.39, 0.29) is 0 Å². The lowest BCUT2D eigenvalue weighted by Gasteiger charge is -2.01. The summed E-state index contributed by atoms with van der Waals surface area (Å²) in [5, 5.41) is 11.0. The monoisotopic (exact) mass is 269 g/mol. The molecule has 0 aliphatic rings. The normalized spacial score (nSPS) is 10.9. The molecule has 0 atom stereocenters. The molecular weight excluding hydrogens is 254 g/mol. The van der Waals surface area contributed by atoms with E-state index in [2.05, 4.69) is 22.1 Å². The Hall–Kier alpha value is -1.08. The van der Waals surface area contributed by atoms with Crippen LogP contribution in [0.1, 0.15) is 31.3 Å². The predicted molar refractivity (Wildman–Crippen MR) is 70.5 cm³/mol. The summed E-state index contributed by atoms with van der Waals surface area (Å²) in [6.45, 7) is 2.15. The van der Waals surface area contributed by atoms with Gasteiger partial charge in [-0.3, -0.25) is 0 Å². The maximum atomic E-state index is 5.94. The maximum absolute atomic E-state index is 5.94. The van der Waals surface area contributed by atoms with Crippen LogP contribution < -0.4 is 5.84 Å². The molecule has 0 aromatic carbocycles. The lowest BCUT2D eigenvalue weighted by Crippen LogP contribution is -2.14. The van der Waals surface area contributed by atoms with Crippen LogP contribution in [0.5, 0.6) is 0 Å². The van der Waals surface area contributed by atoms with Gasteiger partial charge >= 0.3 is 0 Å². The van der Waals surface area contributed by atoms with E-state index in [0.29, 0.717) is 0 Å². The summed E-state index contributed by atoms with van der Waals surface area (Å²) in [6, 6.07) is 0. The average molecular weight is 269 g/mol. The quantitative estimate of drug-likeness (QED) is 0.642. The van der Waals surface area contributed by atoms with Crippen molar-refractivity contribution in [1.82, 2.24) is 19.9 Å². The molecule has 0 saturated heterocycles. The van der Waals surface area contributed by atoms with Crippen molar-refractivity contribution in [2.75, 3.05) is 5.84 Å².